The highest BCUT2D eigenvalue weighted by atomic mass is 32.2. The molecule has 0 unspecified atom stereocenters. The number of hydrogen-bond donors (Lipinski definition) is 0. The molecule has 0 N–H and O–H groups in total. The molecular formula is C16H30N2O3S. The lowest BCUT2D eigenvalue weighted by molar-refractivity contribution is -0.137. The minimum absolute atomic E-state index is 0.0621. The third kappa shape index (κ3) is 3.48. The van der Waals surface area contributed by atoms with Crippen molar-refractivity contribution >= 4 is 15.9 Å². The van der Waals surface area contributed by atoms with Crippen LogP contribution < -0.4 is 0 Å². The minimum atomic E-state index is -3.12. The molecular weight excluding hydrogens is 300 g/mol. The maximum absolute atomic E-state index is 12.2. The van der Waals surface area contributed by atoms with Crippen LogP contribution in [0.4, 0.5) is 0 Å². The lowest BCUT2D eigenvalue weighted by atomic mass is 9.71. The fourth-order valence-corrected chi connectivity index (χ4v) is 4.87. The average molecular weight is 330 g/mol. The zero-order chi connectivity index (χ0) is 16.5. The first-order valence-electron chi connectivity index (χ1n) is 8.46. The van der Waals surface area contributed by atoms with Gasteiger partial charge in [0, 0.05) is 32.1 Å². The molecule has 5 nitrogen and oxygen atoms in total. The van der Waals surface area contributed by atoms with Gasteiger partial charge in [0.1, 0.15) is 0 Å². The van der Waals surface area contributed by atoms with Gasteiger partial charge in [-0.15, -0.1) is 0 Å². The van der Waals surface area contributed by atoms with Crippen LogP contribution in [0.3, 0.4) is 0 Å². The topological polar surface area (TPSA) is 57.7 Å². The van der Waals surface area contributed by atoms with E-state index < -0.39 is 10.0 Å². The summed E-state index contributed by atoms with van der Waals surface area (Å²) in [4.78, 5) is 14.0. The van der Waals surface area contributed by atoms with Crippen molar-refractivity contribution in [1.82, 2.24) is 9.21 Å². The van der Waals surface area contributed by atoms with E-state index in [1.807, 2.05) is 18.7 Å². The van der Waals surface area contributed by atoms with Gasteiger partial charge in [-0.3, -0.25) is 4.79 Å². The summed E-state index contributed by atoms with van der Waals surface area (Å²) in [5.41, 5.74) is 0.247. The van der Waals surface area contributed by atoms with Crippen LogP contribution in [0, 0.1) is 11.3 Å². The molecule has 2 aliphatic rings. The second kappa shape index (κ2) is 6.48. The highest BCUT2D eigenvalue weighted by molar-refractivity contribution is 7.89. The second-order valence-electron chi connectivity index (χ2n) is 7.47. The Morgan fingerprint density at radius 2 is 1.36 bits per heavy atom. The van der Waals surface area contributed by atoms with Crippen molar-refractivity contribution in [3.63, 3.8) is 0 Å². The largest absolute Gasteiger partial charge is 0.342 e. The standard InChI is InChI=1S/C16H30N2O3S/c1-13(2)15(19)17-9-5-16(6-10-17)7-11-18(12-8-16)22(20,21)14(3)4/h13-14H,5-12H2,1-4H3. The Labute approximate surface area is 135 Å². The monoisotopic (exact) mass is 330 g/mol. The molecule has 1 amide bonds. The third-order valence-electron chi connectivity index (χ3n) is 5.37. The molecule has 2 rings (SSSR count). The summed E-state index contributed by atoms with van der Waals surface area (Å²) in [7, 11) is -3.12. The summed E-state index contributed by atoms with van der Waals surface area (Å²) in [5.74, 6) is 0.307. The van der Waals surface area contributed by atoms with Gasteiger partial charge >= 0.3 is 0 Å². The van der Waals surface area contributed by atoms with Crippen molar-refractivity contribution in [3.05, 3.63) is 0 Å². The molecule has 0 aliphatic carbocycles. The molecule has 2 fully saturated rings. The van der Waals surface area contributed by atoms with Crippen molar-refractivity contribution in [2.45, 2.75) is 58.6 Å². The number of carbonyl (C=O) groups is 1. The zero-order valence-electron chi connectivity index (χ0n) is 14.3. The molecule has 1 spiro atoms. The van der Waals surface area contributed by atoms with Crippen LogP contribution in [0.25, 0.3) is 0 Å². The Morgan fingerprint density at radius 1 is 0.909 bits per heavy atom. The predicted octanol–water partition coefficient (Wildman–Crippen LogP) is 2.09. The predicted molar refractivity (Wildman–Crippen MR) is 87.9 cm³/mol. The Bertz CT molecular complexity index is 495. The van der Waals surface area contributed by atoms with E-state index in [0.717, 1.165) is 38.8 Å². The van der Waals surface area contributed by atoms with Gasteiger partial charge in [0.05, 0.1) is 5.25 Å². The molecule has 0 atom stereocenters. The van der Waals surface area contributed by atoms with Gasteiger partial charge in [0.15, 0.2) is 0 Å². The highest BCUT2D eigenvalue weighted by Crippen LogP contribution is 2.42. The van der Waals surface area contributed by atoms with E-state index in [1.165, 1.54) is 0 Å². The van der Waals surface area contributed by atoms with E-state index in [2.05, 4.69) is 0 Å². The number of likely N-dealkylation sites (tertiary alicyclic amines) is 1. The molecule has 22 heavy (non-hydrogen) atoms. The third-order valence-corrected chi connectivity index (χ3v) is 7.64. The molecule has 0 radical (unpaired) electrons. The van der Waals surface area contributed by atoms with E-state index in [1.54, 1.807) is 18.2 Å². The fraction of sp³-hybridized carbons (Fsp3) is 0.938. The zero-order valence-corrected chi connectivity index (χ0v) is 15.2. The first-order chi connectivity index (χ1) is 10.2. The number of amides is 1. The summed E-state index contributed by atoms with van der Waals surface area (Å²) in [6, 6.07) is 0. The van der Waals surface area contributed by atoms with Crippen LogP contribution in [0.5, 0.6) is 0 Å². The highest BCUT2D eigenvalue weighted by Gasteiger charge is 2.41. The summed E-state index contributed by atoms with van der Waals surface area (Å²) in [6.45, 7) is 10.3. The smallest absolute Gasteiger partial charge is 0.225 e. The first kappa shape index (κ1) is 17.7. The van der Waals surface area contributed by atoms with Gasteiger partial charge in [0.2, 0.25) is 15.9 Å². The maximum atomic E-state index is 12.2. The van der Waals surface area contributed by atoms with Crippen LogP contribution in [0.2, 0.25) is 0 Å². The van der Waals surface area contributed by atoms with Crippen LogP contribution in [0.1, 0.15) is 53.4 Å². The molecule has 128 valence electrons. The lowest BCUT2D eigenvalue weighted by Crippen LogP contribution is -2.50. The number of carbonyl (C=O) groups excluding carboxylic acids is 1. The van der Waals surface area contributed by atoms with E-state index in [0.29, 0.717) is 13.1 Å². The maximum Gasteiger partial charge on any atom is 0.225 e. The number of piperidine rings is 2. The van der Waals surface area contributed by atoms with E-state index in [-0.39, 0.29) is 22.5 Å². The first-order valence-corrected chi connectivity index (χ1v) is 9.96. The van der Waals surface area contributed by atoms with Crippen molar-refractivity contribution in [2.24, 2.45) is 11.3 Å². The van der Waals surface area contributed by atoms with Gasteiger partial charge in [-0.25, -0.2) is 12.7 Å². The molecule has 6 heteroatoms. The van der Waals surface area contributed by atoms with Gasteiger partial charge in [-0.1, -0.05) is 13.8 Å². The molecule has 2 aliphatic heterocycles. The fourth-order valence-electron chi connectivity index (χ4n) is 3.58. The van der Waals surface area contributed by atoms with Crippen LogP contribution in [0.15, 0.2) is 0 Å². The minimum Gasteiger partial charge on any atom is -0.342 e. The van der Waals surface area contributed by atoms with E-state index >= 15 is 0 Å². The van der Waals surface area contributed by atoms with Gasteiger partial charge in [-0.2, -0.15) is 0 Å². The number of nitrogens with zero attached hydrogens (tertiary/aromatic N) is 2. The normalized spacial score (nSPS) is 23.5. The van der Waals surface area contributed by atoms with Crippen molar-refractivity contribution < 1.29 is 13.2 Å². The summed E-state index contributed by atoms with van der Waals surface area (Å²) in [5, 5.41) is -0.341. The Kier molecular flexibility index (Phi) is 5.22. The van der Waals surface area contributed by atoms with Crippen molar-refractivity contribution in [3.8, 4) is 0 Å². The summed E-state index contributed by atoms with van der Waals surface area (Å²) < 4.78 is 26.2. The SMILES string of the molecule is CC(C)C(=O)N1CCC2(CC1)CCN(S(=O)(=O)C(C)C)CC2. The van der Waals surface area contributed by atoms with Crippen molar-refractivity contribution in [2.75, 3.05) is 26.2 Å². The quantitative estimate of drug-likeness (QED) is 0.796. The molecule has 0 aromatic carbocycles. The van der Waals surface area contributed by atoms with Gasteiger partial charge < -0.3 is 4.90 Å². The average Bonchev–Trinajstić information content (AvgIpc) is 2.47. The summed E-state index contributed by atoms with van der Waals surface area (Å²) >= 11 is 0. The molecule has 0 saturated carbocycles. The van der Waals surface area contributed by atoms with E-state index in [4.69, 9.17) is 0 Å². The number of rotatable bonds is 3. The van der Waals surface area contributed by atoms with Crippen LogP contribution in [-0.2, 0) is 14.8 Å². The van der Waals surface area contributed by atoms with Gasteiger partial charge in [0.25, 0.3) is 0 Å². The molecule has 2 heterocycles. The summed E-state index contributed by atoms with van der Waals surface area (Å²) in [6.07, 6.45) is 3.90. The second-order valence-corrected chi connectivity index (χ2v) is 9.96. The van der Waals surface area contributed by atoms with Crippen molar-refractivity contribution in [1.29, 1.82) is 0 Å². The van der Waals surface area contributed by atoms with Gasteiger partial charge in [-0.05, 0) is 44.9 Å². The number of hydrogen-bond acceptors (Lipinski definition) is 3. The Morgan fingerprint density at radius 3 is 1.77 bits per heavy atom. The molecule has 0 bridgehead atoms. The molecule has 0 aromatic heterocycles. The Balaban J connectivity index is 1.92. The lowest BCUT2D eigenvalue weighted by Gasteiger charge is -2.47. The Hall–Kier alpha value is -0.620. The van der Waals surface area contributed by atoms with E-state index in [9.17, 15) is 13.2 Å². The van der Waals surface area contributed by atoms with Crippen LogP contribution >= 0.6 is 0 Å². The van der Waals surface area contributed by atoms with Crippen LogP contribution in [-0.4, -0.2) is 55.0 Å². The molecule has 0 aromatic rings. The molecule has 2 saturated heterocycles. The number of sulfonamides is 1.